The monoisotopic (exact) mass is 219 g/mol. The molecule has 1 heterocycles. The van der Waals surface area contributed by atoms with Crippen molar-refractivity contribution in [2.24, 2.45) is 0 Å². The van der Waals surface area contributed by atoms with Crippen molar-refractivity contribution in [1.82, 2.24) is 15.0 Å². The molecule has 0 aliphatic heterocycles. The minimum Gasteiger partial charge on any atom is -0.491 e. The molecule has 6 heteroatoms. The van der Waals surface area contributed by atoms with Crippen LogP contribution in [0.2, 0.25) is 10.6 Å². The molecule has 70 valence electrons. The fraction of sp³-hybridized carbons (Fsp3) is 0.286. The lowest BCUT2D eigenvalue weighted by Crippen LogP contribution is -1.99. The number of aromatic nitrogens is 3. The Morgan fingerprint density at radius 2 is 1.85 bits per heavy atom. The second-order valence-electron chi connectivity index (χ2n) is 2.05. The zero-order valence-electron chi connectivity index (χ0n) is 6.92. The van der Waals surface area contributed by atoms with E-state index in [1.807, 2.05) is 6.92 Å². The average Bonchev–Trinajstić information content (AvgIpc) is 2.03. The maximum absolute atomic E-state index is 5.55. The van der Waals surface area contributed by atoms with E-state index in [9.17, 15) is 0 Å². The van der Waals surface area contributed by atoms with E-state index in [4.69, 9.17) is 27.9 Å². The highest BCUT2D eigenvalue weighted by Crippen LogP contribution is 2.13. The third-order valence-electron chi connectivity index (χ3n) is 1.15. The first-order chi connectivity index (χ1) is 6.13. The van der Waals surface area contributed by atoms with Gasteiger partial charge in [-0.15, -0.1) is 0 Å². The fourth-order valence-corrected chi connectivity index (χ4v) is 1.05. The minimum absolute atomic E-state index is 0.0239. The topological polar surface area (TPSA) is 47.9 Å². The van der Waals surface area contributed by atoms with E-state index < -0.39 is 0 Å². The summed E-state index contributed by atoms with van der Waals surface area (Å²) in [7, 11) is 0. The van der Waals surface area contributed by atoms with E-state index in [2.05, 4.69) is 21.5 Å². The summed E-state index contributed by atoms with van der Waals surface area (Å²) >= 11 is 11.1. The smallest absolute Gasteiger partial charge is 0.227 e. The van der Waals surface area contributed by atoms with Crippen molar-refractivity contribution in [3.63, 3.8) is 0 Å². The predicted octanol–water partition coefficient (Wildman–Crippen LogP) is 2.19. The Morgan fingerprint density at radius 3 is 2.31 bits per heavy atom. The van der Waals surface area contributed by atoms with E-state index >= 15 is 0 Å². The first-order valence-electron chi connectivity index (χ1n) is 3.52. The standard InChI is InChI=1S/C7H7Cl2N3O/c1-3-13-4(2)5-10-6(8)12-7(9)11-5/h2-3H2,1H3. The normalized spacial score (nSPS) is 9.77. The van der Waals surface area contributed by atoms with Crippen LogP contribution in [-0.2, 0) is 4.74 Å². The average molecular weight is 220 g/mol. The maximum Gasteiger partial charge on any atom is 0.227 e. The zero-order valence-corrected chi connectivity index (χ0v) is 8.43. The second kappa shape index (κ2) is 4.39. The Morgan fingerprint density at radius 1 is 1.31 bits per heavy atom. The van der Waals surface area contributed by atoms with Crippen LogP contribution in [0.1, 0.15) is 12.7 Å². The van der Waals surface area contributed by atoms with Gasteiger partial charge in [-0.3, -0.25) is 0 Å². The third-order valence-corrected chi connectivity index (χ3v) is 1.49. The van der Waals surface area contributed by atoms with E-state index in [1.165, 1.54) is 0 Å². The molecule has 0 aromatic carbocycles. The van der Waals surface area contributed by atoms with Gasteiger partial charge in [0.05, 0.1) is 6.61 Å². The van der Waals surface area contributed by atoms with Crippen LogP contribution in [0.3, 0.4) is 0 Å². The van der Waals surface area contributed by atoms with Gasteiger partial charge in [-0.05, 0) is 30.1 Å². The van der Waals surface area contributed by atoms with E-state index in [-0.39, 0.29) is 16.4 Å². The summed E-state index contributed by atoms with van der Waals surface area (Å²) in [6.45, 7) is 5.92. The van der Waals surface area contributed by atoms with Crippen molar-refractivity contribution in [3.8, 4) is 0 Å². The van der Waals surface area contributed by atoms with Gasteiger partial charge in [-0.2, -0.15) is 15.0 Å². The van der Waals surface area contributed by atoms with Crippen LogP contribution in [0, 0.1) is 0 Å². The molecular formula is C7H7Cl2N3O. The molecule has 0 atom stereocenters. The summed E-state index contributed by atoms with van der Waals surface area (Å²) in [6.07, 6.45) is 0. The van der Waals surface area contributed by atoms with Crippen molar-refractivity contribution < 1.29 is 4.74 Å². The van der Waals surface area contributed by atoms with Crippen LogP contribution < -0.4 is 0 Å². The lowest BCUT2D eigenvalue weighted by atomic mass is 10.5. The molecule has 0 N–H and O–H groups in total. The SMILES string of the molecule is C=C(OCC)c1nc(Cl)nc(Cl)n1. The van der Waals surface area contributed by atoms with Gasteiger partial charge in [0.1, 0.15) is 0 Å². The van der Waals surface area contributed by atoms with E-state index in [1.54, 1.807) is 0 Å². The molecule has 0 unspecified atom stereocenters. The van der Waals surface area contributed by atoms with E-state index in [0.717, 1.165) is 0 Å². The van der Waals surface area contributed by atoms with Gasteiger partial charge in [0.2, 0.25) is 10.6 Å². The summed E-state index contributed by atoms with van der Waals surface area (Å²) in [5.74, 6) is 0.584. The molecule has 0 saturated heterocycles. The molecule has 1 rings (SSSR count). The largest absolute Gasteiger partial charge is 0.491 e. The van der Waals surface area contributed by atoms with Crippen molar-refractivity contribution in [1.29, 1.82) is 0 Å². The number of hydrogen-bond acceptors (Lipinski definition) is 4. The van der Waals surface area contributed by atoms with Gasteiger partial charge in [-0.25, -0.2) is 0 Å². The number of halogens is 2. The molecule has 13 heavy (non-hydrogen) atoms. The zero-order chi connectivity index (χ0) is 9.84. The van der Waals surface area contributed by atoms with Crippen molar-refractivity contribution in [2.75, 3.05) is 6.61 Å². The molecule has 0 radical (unpaired) electrons. The summed E-state index contributed by atoms with van der Waals surface area (Å²) in [5, 5.41) is 0.0479. The van der Waals surface area contributed by atoms with E-state index in [0.29, 0.717) is 12.4 Å². The predicted molar refractivity (Wildman–Crippen MR) is 50.5 cm³/mol. The summed E-state index contributed by atoms with van der Waals surface area (Å²) in [6, 6.07) is 0. The molecule has 0 saturated carbocycles. The lowest BCUT2D eigenvalue weighted by molar-refractivity contribution is 0.296. The molecular weight excluding hydrogens is 213 g/mol. The Bertz CT molecular complexity index is 309. The first kappa shape index (κ1) is 10.2. The molecule has 0 bridgehead atoms. The molecule has 1 aromatic heterocycles. The fourth-order valence-electron chi connectivity index (χ4n) is 0.689. The quantitative estimate of drug-likeness (QED) is 0.732. The van der Waals surface area contributed by atoms with Crippen LogP contribution in [0.25, 0.3) is 5.76 Å². The van der Waals surface area contributed by atoms with Gasteiger partial charge in [0.25, 0.3) is 0 Å². The summed E-state index contributed by atoms with van der Waals surface area (Å²) in [5.41, 5.74) is 0. The van der Waals surface area contributed by atoms with Crippen molar-refractivity contribution in [2.45, 2.75) is 6.92 Å². The third kappa shape index (κ3) is 2.82. The molecule has 0 spiro atoms. The Hall–Kier alpha value is -0.870. The molecule has 4 nitrogen and oxygen atoms in total. The minimum atomic E-state index is 0.0239. The summed E-state index contributed by atoms with van der Waals surface area (Å²) in [4.78, 5) is 11.2. The first-order valence-corrected chi connectivity index (χ1v) is 4.28. The highest BCUT2D eigenvalue weighted by molar-refractivity contribution is 6.31. The van der Waals surface area contributed by atoms with Gasteiger partial charge in [-0.1, -0.05) is 6.58 Å². The number of nitrogens with zero attached hydrogens (tertiary/aromatic N) is 3. The summed E-state index contributed by atoms with van der Waals surface area (Å²) < 4.78 is 5.07. The van der Waals surface area contributed by atoms with Gasteiger partial charge < -0.3 is 4.74 Å². The lowest BCUT2D eigenvalue weighted by Gasteiger charge is -2.04. The molecule has 0 amide bonds. The number of rotatable bonds is 3. The van der Waals surface area contributed by atoms with Crippen LogP contribution >= 0.6 is 23.2 Å². The Kier molecular flexibility index (Phi) is 3.45. The maximum atomic E-state index is 5.55. The van der Waals surface area contributed by atoms with Crippen molar-refractivity contribution in [3.05, 3.63) is 23.0 Å². The molecule has 1 aromatic rings. The Balaban J connectivity index is 2.94. The highest BCUT2D eigenvalue weighted by atomic mass is 35.5. The van der Waals surface area contributed by atoms with Gasteiger partial charge in [0.15, 0.2) is 11.6 Å². The number of ether oxygens (including phenoxy) is 1. The molecule has 0 fully saturated rings. The van der Waals surface area contributed by atoms with Crippen molar-refractivity contribution >= 4 is 29.0 Å². The van der Waals surface area contributed by atoms with Gasteiger partial charge >= 0.3 is 0 Å². The van der Waals surface area contributed by atoms with Crippen LogP contribution in [0.5, 0.6) is 0 Å². The molecule has 0 aliphatic carbocycles. The highest BCUT2D eigenvalue weighted by Gasteiger charge is 2.06. The van der Waals surface area contributed by atoms with Crippen LogP contribution in [0.4, 0.5) is 0 Å². The van der Waals surface area contributed by atoms with Gasteiger partial charge in [0, 0.05) is 0 Å². The number of hydrogen-bond donors (Lipinski definition) is 0. The Labute approximate surface area is 85.6 Å². The van der Waals surface area contributed by atoms with Crippen LogP contribution in [0.15, 0.2) is 6.58 Å². The van der Waals surface area contributed by atoms with Crippen LogP contribution in [-0.4, -0.2) is 21.6 Å². The second-order valence-corrected chi connectivity index (χ2v) is 2.73. The molecule has 0 aliphatic rings.